The van der Waals surface area contributed by atoms with E-state index < -0.39 is 17.3 Å². The normalized spacial score (nSPS) is 15.1. The van der Waals surface area contributed by atoms with Gasteiger partial charge in [0.2, 0.25) is 5.95 Å². The van der Waals surface area contributed by atoms with Crippen molar-refractivity contribution in [1.29, 1.82) is 0 Å². The van der Waals surface area contributed by atoms with Gasteiger partial charge in [-0.05, 0) is 63.9 Å². The van der Waals surface area contributed by atoms with Gasteiger partial charge < -0.3 is 29.7 Å². The Morgan fingerprint density at radius 3 is 2.50 bits per heavy atom. The first-order valence-electron chi connectivity index (χ1n) is 15.7. The first-order valence-corrected chi connectivity index (χ1v) is 15.7. The molecule has 4 aromatic rings. The van der Waals surface area contributed by atoms with Gasteiger partial charge in [0.05, 0.1) is 30.5 Å². The number of anilines is 2. The summed E-state index contributed by atoms with van der Waals surface area (Å²) in [4.78, 5) is 36.7. The van der Waals surface area contributed by atoms with Crippen molar-refractivity contribution in [2.24, 2.45) is 0 Å². The Balaban J connectivity index is 1.20. The number of aromatic nitrogens is 2. The molecule has 0 bridgehead atoms. The Bertz CT molecular complexity index is 1870. The molecule has 3 aromatic carbocycles. The van der Waals surface area contributed by atoms with Crippen LogP contribution in [-0.4, -0.2) is 65.3 Å². The zero-order chi connectivity index (χ0) is 34.2. The number of hydrogen-bond acceptors (Lipinski definition) is 8. The molecule has 0 atom stereocenters. The van der Waals surface area contributed by atoms with Crippen molar-refractivity contribution < 1.29 is 37.0 Å². The molecule has 0 aliphatic carbocycles. The van der Waals surface area contributed by atoms with Crippen LogP contribution in [0.3, 0.4) is 0 Å². The summed E-state index contributed by atoms with van der Waals surface area (Å²) in [5.74, 6) is 0.631. The average Bonchev–Trinajstić information content (AvgIpc) is 3.54. The maximum Gasteiger partial charge on any atom is 0.416 e. The molecular weight excluding hydrogens is 627 g/mol. The molecule has 0 unspecified atom stereocenters. The standard InChI is InChI=1S/C35H36F3N5O5/c1-34(2,3)48-33(45)43-15-12-22(13-16-43)40-31(44)26-10-11-27(30-25(26)14-17-47-30)41-32-39-19-20-6-5-7-24(29(20)42-32)23-9-8-21(35(36,37)38)18-28(23)46-4/h5-11,18-19,22H,12-17H2,1-4H3,(H,40,44)(H,39,41,42). The lowest BCUT2D eigenvalue weighted by Crippen LogP contribution is -2.47. The van der Waals surface area contributed by atoms with Gasteiger partial charge in [-0.1, -0.05) is 18.2 Å². The van der Waals surface area contributed by atoms with E-state index >= 15 is 0 Å². The van der Waals surface area contributed by atoms with Crippen LogP contribution in [0.2, 0.25) is 0 Å². The number of para-hydroxylation sites is 1. The molecule has 2 aliphatic heterocycles. The molecule has 6 rings (SSSR count). The molecule has 1 saturated heterocycles. The number of hydrogen-bond donors (Lipinski definition) is 2. The van der Waals surface area contributed by atoms with Crippen molar-refractivity contribution in [2.45, 2.75) is 57.9 Å². The van der Waals surface area contributed by atoms with E-state index in [-0.39, 0.29) is 29.7 Å². The molecule has 1 aromatic heterocycles. The van der Waals surface area contributed by atoms with Crippen LogP contribution in [0.15, 0.2) is 54.7 Å². The van der Waals surface area contributed by atoms with Crippen LogP contribution in [0, 0.1) is 0 Å². The average molecular weight is 664 g/mol. The molecule has 0 radical (unpaired) electrons. The molecule has 13 heteroatoms. The molecule has 48 heavy (non-hydrogen) atoms. The van der Waals surface area contributed by atoms with Gasteiger partial charge in [0.15, 0.2) is 0 Å². The number of methoxy groups -OCH3 is 1. The van der Waals surface area contributed by atoms with Crippen LogP contribution in [0.25, 0.3) is 22.0 Å². The van der Waals surface area contributed by atoms with Crippen LogP contribution in [0.4, 0.5) is 29.6 Å². The predicted molar refractivity (Wildman–Crippen MR) is 174 cm³/mol. The van der Waals surface area contributed by atoms with Crippen LogP contribution < -0.4 is 20.1 Å². The van der Waals surface area contributed by atoms with Crippen molar-refractivity contribution in [3.8, 4) is 22.6 Å². The summed E-state index contributed by atoms with van der Waals surface area (Å²) in [6, 6.07) is 12.1. The Hall–Kier alpha value is -5.07. The quantitative estimate of drug-likeness (QED) is 0.224. The third kappa shape index (κ3) is 6.95. The number of carbonyl (C=O) groups is 2. The number of piperidine rings is 1. The number of rotatable bonds is 6. The summed E-state index contributed by atoms with van der Waals surface area (Å²) in [6.07, 6.45) is -1.46. The topological polar surface area (TPSA) is 115 Å². The zero-order valence-electron chi connectivity index (χ0n) is 27.0. The highest BCUT2D eigenvalue weighted by molar-refractivity contribution is 5.98. The first-order chi connectivity index (χ1) is 22.8. The minimum absolute atomic E-state index is 0.0686. The number of carbonyl (C=O) groups excluding carboxylic acids is 2. The molecule has 3 heterocycles. The van der Waals surface area contributed by atoms with Gasteiger partial charge in [0.1, 0.15) is 17.1 Å². The second-order valence-electron chi connectivity index (χ2n) is 12.8. The minimum atomic E-state index is -4.51. The lowest BCUT2D eigenvalue weighted by molar-refractivity contribution is -0.137. The van der Waals surface area contributed by atoms with Crippen molar-refractivity contribution in [1.82, 2.24) is 20.2 Å². The summed E-state index contributed by atoms with van der Waals surface area (Å²) in [5.41, 5.74) is 2.02. The fourth-order valence-corrected chi connectivity index (χ4v) is 5.95. The van der Waals surface area contributed by atoms with Gasteiger partial charge in [-0.25, -0.2) is 14.8 Å². The number of likely N-dealkylation sites (tertiary alicyclic amines) is 1. The highest BCUT2D eigenvalue weighted by Crippen LogP contribution is 2.40. The summed E-state index contributed by atoms with van der Waals surface area (Å²) in [5, 5.41) is 7.00. The van der Waals surface area contributed by atoms with Crippen molar-refractivity contribution in [3.05, 3.63) is 71.4 Å². The highest BCUT2D eigenvalue weighted by Gasteiger charge is 2.32. The van der Waals surface area contributed by atoms with Crippen LogP contribution in [0.1, 0.15) is 55.1 Å². The van der Waals surface area contributed by atoms with E-state index in [9.17, 15) is 22.8 Å². The summed E-state index contributed by atoms with van der Waals surface area (Å²) >= 11 is 0. The number of nitrogens with one attached hydrogen (secondary N) is 2. The molecule has 0 saturated carbocycles. The second kappa shape index (κ2) is 12.9. The van der Waals surface area contributed by atoms with E-state index in [2.05, 4.69) is 15.6 Å². The monoisotopic (exact) mass is 663 g/mol. The Morgan fingerprint density at radius 2 is 1.79 bits per heavy atom. The van der Waals surface area contributed by atoms with Crippen LogP contribution in [-0.2, 0) is 17.3 Å². The molecule has 252 valence electrons. The summed E-state index contributed by atoms with van der Waals surface area (Å²) < 4.78 is 56.9. The number of nitrogens with zero attached hydrogens (tertiary/aromatic N) is 3. The number of halogens is 3. The van der Waals surface area contributed by atoms with Gasteiger partial charge in [-0.15, -0.1) is 0 Å². The Labute approximate surface area is 275 Å². The zero-order valence-corrected chi connectivity index (χ0v) is 27.0. The molecule has 2 amide bonds. The fraction of sp³-hybridized carbons (Fsp3) is 0.371. The Morgan fingerprint density at radius 1 is 1.02 bits per heavy atom. The van der Waals surface area contributed by atoms with E-state index in [1.54, 1.807) is 35.4 Å². The van der Waals surface area contributed by atoms with Gasteiger partial charge >= 0.3 is 12.3 Å². The first kappa shape index (κ1) is 32.9. The molecule has 10 nitrogen and oxygen atoms in total. The fourth-order valence-electron chi connectivity index (χ4n) is 5.95. The molecular formula is C35H36F3N5O5. The molecule has 2 aliphatic rings. The minimum Gasteiger partial charge on any atom is -0.496 e. The van der Waals surface area contributed by atoms with Crippen LogP contribution >= 0.6 is 0 Å². The Kier molecular flexibility index (Phi) is 8.80. The molecule has 2 N–H and O–H groups in total. The van der Waals surface area contributed by atoms with Crippen molar-refractivity contribution in [2.75, 3.05) is 32.1 Å². The number of alkyl halides is 3. The van der Waals surface area contributed by atoms with E-state index in [0.29, 0.717) is 78.0 Å². The van der Waals surface area contributed by atoms with E-state index in [4.69, 9.17) is 19.2 Å². The van der Waals surface area contributed by atoms with Crippen molar-refractivity contribution >= 4 is 34.5 Å². The third-order valence-corrected chi connectivity index (χ3v) is 8.26. The largest absolute Gasteiger partial charge is 0.496 e. The molecule has 1 fully saturated rings. The highest BCUT2D eigenvalue weighted by atomic mass is 19.4. The number of fused-ring (bicyclic) bond motifs is 2. The number of ether oxygens (including phenoxy) is 3. The lowest BCUT2D eigenvalue weighted by atomic mass is 10.00. The summed E-state index contributed by atoms with van der Waals surface area (Å²) in [6.45, 7) is 6.87. The smallest absolute Gasteiger partial charge is 0.416 e. The van der Waals surface area contributed by atoms with Gasteiger partial charge in [-0.3, -0.25) is 4.79 Å². The maximum absolute atomic E-state index is 13.4. The maximum atomic E-state index is 13.4. The van der Waals surface area contributed by atoms with E-state index in [0.717, 1.165) is 17.7 Å². The third-order valence-electron chi connectivity index (χ3n) is 8.26. The number of amides is 2. The van der Waals surface area contributed by atoms with Gasteiger partial charge in [-0.2, -0.15) is 13.2 Å². The van der Waals surface area contributed by atoms with Gasteiger partial charge in [0.25, 0.3) is 5.91 Å². The lowest BCUT2D eigenvalue weighted by Gasteiger charge is -2.33. The van der Waals surface area contributed by atoms with E-state index in [1.807, 2.05) is 26.8 Å². The van der Waals surface area contributed by atoms with Gasteiger partial charge in [0, 0.05) is 59.4 Å². The second-order valence-corrected chi connectivity index (χ2v) is 12.8. The SMILES string of the molecule is COc1cc(C(F)(F)F)ccc1-c1cccc2cnc(Nc3ccc(C(=O)NC4CCN(C(=O)OC(C)(C)C)CC4)c4c3OCC4)nc12. The van der Waals surface area contributed by atoms with Crippen LogP contribution in [0.5, 0.6) is 11.5 Å². The van der Waals surface area contributed by atoms with Crippen molar-refractivity contribution in [3.63, 3.8) is 0 Å². The van der Waals surface area contributed by atoms with E-state index in [1.165, 1.54) is 13.2 Å². The molecule has 0 spiro atoms. The predicted octanol–water partition coefficient (Wildman–Crippen LogP) is 7.13. The summed E-state index contributed by atoms with van der Waals surface area (Å²) in [7, 11) is 1.33. The number of benzene rings is 3.